The molecule has 4 N–H and O–H groups in total. The highest BCUT2D eigenvalue weighted by Crippen LogP contribution is 2.65. The van der Waals surface area contributed by atoms with Crippen molar-refractivity contribution >= 4 is 39.4 Å². The summed E-state index contributed by atoms with van der Waals surface area (Å²) in [5.74, 6) is -1.72. The van der Waals surface area contributed by atoms with E-state index in [0.717, 1.165) is 83.5 Å². The van der Waals surface area contributed by atoms with Crippen molar-refractivity contribution in [2.24, 2.45) is 28.6 Å². The molecule has 12 nitrogen and oxygen atoms in total. The van der Waals surface area contributed by atoms with E-state index in [-0.39, 0.29) is 35.0 Å². The number of nitrogens with one attached hydrogen (secondary N) is 4. The summed E-state index contributed by atoms with van der Waals surface area (Å²) >= 11 is 0. The lowest BCUT2D eigenvalue weighted by Crippen LogP contribution is -2.65. The monoisotopic (exact) mass is 773 g/mol. The van der Waals surface area contributed by atoms with Crippen LogP contribution in [0, 0.1) is 28.6 Å². The van der Waals surface area contributed by atoms with E-state index in [1.165, 1.54) is 0 Å². The van der Waals surface area contributed by atoms with E-state index in [4.69, 9.17) is 0 Å². The number of carbonyl (C=O) groups is 5. The summed E-state index contributed by atoms with van der Waals surface area (Å²) in [6.07, 6.45) is 13.4. The zero-order valence-corrected chi connectivity index (χ0v) is 34.5. The fraction of sp³-hybridized carbons (Fsp3) is 0.878. The zero-order chi connectivity index (χ0) is 39.3. The van der Waals surface area contributed by atoms with Crippen molar-refractivity contribution in [1.29, 1.82) is 0 Å². The van der Waals surface area contributed by atoms with Gasteiger partial charge in [0.05, 0.1) is 22.1 Å². The molecule has 0 aromatic rings. The first kappa shape index (κ1) is 40.9. The minimum absolute atomic E-state index is 0.0144. The summed E-state index contributed by atoms with van der Waals surface area (Å²) in [6, 6.07) is -3.28. The molecule has 5 atom stereocenters. The Morgan fingerprint density at radius 3 is 2.04 bits per heavy atom. The Morgan fingerprint density at radius 2 is 1.46 bits per heavy atom. The van der Waals surface area contributed by atoms with Crippen molar-refractivity contribution in [3.8, 4) is 0 Å². The number of urea groups is 1. The molecule has 0 bridgehead atoms. The number of hydrogen-bond acceptors (Lipinski definition) is 7. The molecule has 6 fully saturated rings. The summed E-state index contributed by atoms with van der Waals surface area (Å²) < 4.78 is 26.5. The van der Waals surface area contributed by atoms with Gasteiger partial charge in [0.25, 0.3) is 5.91 Å². The Hall–Kier alpha value is -2.70. The van der Waals surface area contributed by atoms with E-state index in [0.29, 0.717) is 38.1 Å². The summed E-state index contributed by atoms with van der Waals surface area (Å²) in [7, 11) is -3.57. The third-order valence-electron chi connectivity index (χ3n) is 14.7. The molecule has 6 aliphatic rings. The molecule has 0 spiro atoms. The molecule has 0 unspecified atom stereocenters. The predicted octanol–water partition coefficient (Wildman–Crippen LogP) is 4.94. The molecule has 5 saturated carbocycles. The van der Waals surface area contributed by atoms with Crippen LogP contribution in [0.2, 0.25) is 0 Å². The normalized spacial score (nSPS) is 28.2. The molecule has 13 heteroatoms. The molecule has 5 aliphatic carbocycles. The van der Waals surface area contributed by atoms with Gasteiger partial charge in [-0.05, 0) is 100 Å². The minimum Gasteiger partial charge on any atom is -0.347 e. The number of carbonyl (C=O) groups excluding carboxylic acids is 5. The molecule has 5 amide bonds. The highest BCUT2D eigenvalue weighted by Gasteiger charge is 2.70. The molecule has 0 aromatic carbocycles. The van der Waals surface area contributed by atoms with Crippen molar-refractivity contribution in [3.05, 3.63) is 0 Å². The third-order valence-corrected chi connectivity index (χ3v) is 17.6. The first-order valence-corrected chi connectivity index (χ1v) is 22.7. The van der Waals surface area contributed by atoms with Crippen LogP contribution in [-0.2, 0) is 29.0 Å². The lowest BCUT2D eigenvalue weighted by Gasteiger charge is -2.44. The van der Waals surface area contributed by atoms with Crippen LogP contribution < -0.4 is 21.3 Å². The van der Waals surface area contributed by atoms with Gasteiger partial charge in [-0.2, -0.15) is 0 Å². The quantitative estimate of drug-likeness (QED) is 0.161. The molecule has 1 aliphatic heterocycles. The van der Waals surface area contributed by atoms with Gasteiger partial charge in [0, 0.05) is 12.6 Å². The molecule has 1 heterocycles. The maximum atomic E-state index is 15.0. The van der Waals surface area contributed by atoms with Crippen LogP contribution in [0.5, 0.6) is 0 Å². The van der Waals surface area contributed by atoms with Gasteiger partial charge in [0.2, 0.25) is 17.6 Å². The summed E-state index contributed by atoms with van der Waals surface area (Å²) in [4.78, 5) is 71.6. The van der Waals surface area contributed by atoms with Gasteiger partial charge < -0.3 is 26.2 Å². The van der Waals surface area contributed by atoms with Gasteiger partial charge in [-0.1, -0.05) is 79.1 Å². The van der Waals surface area contributed by atoms with E-state index in [1.54, 1.807) is 18.7 Å². The van der Waals surface area contributed by atoms with Crippen LogP contribution in [-0.4, -0.2) is 89.6 Å². The molecule has 0 aromatic heterocycles. The fourth-order valence-electron chi connectivity index (χ4n) is 9.86. The maximum absolute atomic E-state index is 15.0. The van der Waals surface area contributed by atoms with Gasteiger partial charge in [-0.15, -0.1) is 0 Å². The van der Waals surface area contributed by atoms with Gasteiger partial charge in [-0.3, -0.25) is 19.2 Å². The van der Waals surface area contributed by atoms with Crippen LogP contribution >= 0.6 is 0 Å². The minimum atomic E-state index is -3.57. The van der Waals surface area contributed by atoms with Crippen molar-refractivity contribution in [3.63, 3.8) is 0 Å². The maximum Gasteiger partial charge on any atom is 0.315 e. The average molecular weight is 774 g/mol. The Bertz CT molecular complexity index is 1570. The Morgan fingerprint density at radius 1 is 0.852 bits per heavy atom. The standard InChI is InChI=1S/C41H67N5O7S/c1-7-38(2,3)54(52,53)25-41(22-12-9-13-23-41)45-37(51)44-33(40(6)20-10-8-11-21-40)36(50)46-24-28-30(39(28,4)5)31(46)34(48)43-29(19-16-26-14-15-26)32(47)35(49)42-27-17-18-27/h26-31,33H,7-25H2,1-6H3,(H,42,49)(H,43,48)(H2,44,45,51)/t28-,29-,30-,31-,33+/m0/s1. The Balaban J connectivity index is 1.23. The molecule has 54 heavy (non-hydrogen) atoms. The summed E-state index contributed by atoms with van der Waals surface area (Å²) in [5, 5.41) is 12.0. The van der Waals surface area contributed by atoms with Gasteiger partial charge >= 0.3 is 6.03 Å². The number of amides is 5. The van der Waals surface area contributed by atoms with E-state index in [1.807, 2.05) is 13.8 Å². The van der Waals surface area contributed by atoms with Gasteiger partial charge in [0.15, 0.2) is 9.84 Å². The molecule has 6 rings (SSSR count). The molecular formula is C41H67N5O7S. The molecule has 0 radical (unpaired) electrons. The van der Waals surface area contributed by atoms with Crippen LogP contribution in [0.1, 0.15) is 151 Å². The summed E-state index contributed by atoms with van der Waals surface area (Å²) in [6.45, 7) is 11.9. The molecular weight excluding hydrogens is 707 g/mol. The number of piperidine rings is 1. The van der Waals surface area contributed by atoms with Crippen molar-refractivity contribution in [1.82, 2.24) is 26.2 Å². The zero-order valence-electron chi connectivity index (χ0n) is 33.7. The average Bonchev–Trinajstić information content (AvgIpc) is 4.08. The van der Waals surface area contributed by atoms with E-state index in [2.05, 4.69) is 35.1 Å². The largest absolute Gasteiger partial charge is 0.347 e. The van der Waals surface area contributed by atoms with Crippen molar-refractivity contribution in [2.75, 3.05) is 12.3 Å². The van der Waals surface area contributed by atoms with E-state index >= 15 is 4.79 Å². The first-order valence-electron chi connectivity index (χ1n) is 21.1. The third kappa shape index (κ3) is 8.65. The highest BCUT2D eigenvalue weighted by molar-refractivity contribution is 7.92. The highest BCUT2D eigenvalue weighted by atomic mass is 32.2. The molecule has 304 valence electrons. The van der Waals surface area contributed by atoms with Crippen LogP contribution in [0.4, 0.5) is 4.79 Å². The van der Waals surface area contributed by atoms with Crippen molar-refractivity contribution < 1.29 is 32.4 Å². The van der Waals surface area contributed by atoms with Gasteiger partial charge in [-0.25, -0.2) is 13.2 Å². The number of sulfone groups is 1. The van der Waals surface area contributed by atoms with Gasteiger partial charge in [0.1, 0.15) is 12.1 Å². The number of rotatable bonds is 16. The number of Topliss-reactive ketones (excluding diaryl/α,β-unsaturated/α-hetero) is 1. The second-order valence-corrected chi connectivity index (χ2v) is 22.2. The molecule has 1 saturated heterocycles. The summed E-state index contributed by atoms with van der Waals surface area (Å²) in [5.41, 5.74) is -1.70. The number of ketones is 1. The van der Waals surface area contributed by atoms with Crippen LogP contribution in [0.15, 0.2) is 0 Å². The number of likely N-dealkylation sites (tertiary alicyclic amines) is 1. The lowest BCUT2D eigenvalue weighted by atomic mass is 9.70. The van der Waals surface area contributed by atoms with Crippen molar-refractivity contribution in [2.45, 2.75) is 185 Å². The fourth-order valence-corrected chi connectivity index (χ4v) is 11.8. The topological polar surface area (TPSA) is 171 Å². The SMILES string of the molecule is CCC(C)(C)S(=O)(=O)CC1(NC(=O)N[C@H](C(=O)N2C[C@H]3[C@@H]([C@H]2C(=O)N[C@@H](CCC2CC2)C(=O)C(=O)NC2CC2)C3(C)C)C2(C)CCCCC2)CCCCC1. The van der Waals surface area contributed by atoms with Crippen LogP contribution in [0.25, 0.3) is 0 Å². The Labute approximate surface area is 323 Å². The number of nitrogens with zero attached hydrogens (tertiary/aromatic N) is 1. The second-order valence-electron chi connectivity index (χ2n) is 19.5. The first-order chi connectivity index (χ1) is 25.3. The lowest BCUT2D eigenvalue weighted by molar-refractivity contribution is -0.146. The Kier molecular flexibility index (Phi) is 11.6. The second kappa shape index (κ2) is 15.3. The van der Waals surface area contributed by atoms with Crippen LogP contribution in [0.3, 0.4) is 0 Å². The predicted molar refractivity (Wildman–Crippen MR) is 207 cm³/mol. The van der Waals surface area contributed by atoms with E-state index in [9.17, 15) is 27.6 Å². The number of hydrogen-bond donors (Lipinski definition) is 4. The smallest absolute Gasteiger partial charge is 0.315 e. The van der Waals surface area contributed by atoms with E-state index < -0.39 is 67.3 Å². The number of fused-ring (bicyclic) bond motifs is 1.